The Morgan fingerprint density at radius 1 is 1.20 bits per heavy atom. The third-order valence-corrected chi connectivity index (χ3v) is 2.75. The summed E-state index contributed by atoms with van der Waals surface area (Å²) in [4.78, 5) is 0. The summed E-state index contributed by atoms with van der Waals surface area (Å²) < 4.78 is 16.0. The quantitative estimate of drug-likeness (QED) is 0.683. The van der Waals surface area contributed by atoms with Gasteiger partial charge < -0.3 is 24.6 Å². The first kappa shape index (κ1) is 16.8. The first-order chi connectivity index (χ1) is 9.71. The molecule has 1 aromatic rings. The molecule has 0 fully saturated rings. The average Bonchev–Trinajstić information content (AvgIpc) is 2.48. The topological polar surface area (TPSA) is 60.0 Å². The lowest BCUT2D eigenvalue weighted by Gasteiger charge is -2.15. The van der Waals surface area contributed by atoms with Crippen LogP contribution in [0.4, 0.5) is 0 Å². The minimum Gasteiger partial charge on any atom is -0.493 e. The van der Waals surface area contributed by atoms with Crippen molar-refractivity contribution in [1.29, 1.82) is 0 Å². The zero-order chi connectivity index (χ0) is 14.8. The van der Waals surface area contributed by atoms with Gasteiger partial charge in [-0.25, -0.2) is 0 Å². The Balaban J connectivity index is 2.60. The van der Waals surface area contributed by atoms with Crippen molar-refractivity contribution in [3.8, 4) is 11.5 Å². The van der Waals surface area contributed by atoms with Crippen molar-refractivity contribution in [1.82, 2.24) is 5.32 Å². The Bertz CT molecular complexity index is 384. The molecule has 0 aliphatic rings. The smallest absolute Gasteiger partial charge is 0.161 e. The molecule has 0 aliphatic carbocycles. The van der Waals surface area contributed by atoms with Crippen LogP contribution in [0.1, 0.15) is 19.4 Å². The first-order valence-electron chi connectivity index (χ1n) is 6.97. The molecule has 0 aliphatic heterocycles. The van der Waals surface area contributed by atoms with Gasteiger partial charge in [-0.3, -0.25) is 0 Å². The number of hydrogen-bond donors (Lipinski definition) is 2. The van der Waals surface area contributed by atoms with E-state index < -0.39 is 6.10 Å². The van der Waals surface area contributed by atoms with Gasteiger partial charge in [-0.2, -0.15) is 0 Å². The minimum absolute atomic E-state index is 0.182. The summed E-state index contributed by atoms with van der Waals surface area (Å²) in [6.07, 6.45) is -0.642. The van der Waals surface area contributed by atoms with E-state index in [1.165, 1.54) is 0 Å². The van der Waals surface area contributed by atoms with Gasteiger partial charge in [0, 0.05) is 13.2 Å². The van der Waals surface area contributed by atoms with Crippen LogP contribution in [0.2, 0.25) is 0 Å². The fourth-order valence-electron chi connectivity index (χ4n) is 1.70. The number of rotatable bonds is 10. The molecule has 0 radical (unpaired) electrons. The third kappa shape index (κ3) is 5.77. The van der Waals surface area contributed by atoms with Gasteiger partial charge in [-0.15, -0.1) is 0 Å². The van der Waals surface area contributed by atoms with Gasteiger partial charge in [0.15, 0.2) is 11.5 Å². The van der Waals surface area contributed by atoms with Crippen molar-refractivity contribution in [2.75, 3.05) is 33.5 Å². The summed E-state index contributed by atoms with van der Waals surface area (Å²) in [6, 6.07) is 5.79. The molecule has 0 bridgehead atoms. The Labute approximate surface area is 120 Å². The summed E-state index contributed by atoms with van der Waals surface area (Å²) in [6.45, 7) is 6.68. The van der Waals surface area contributed by atoms with E-state index in [2.05, 4.69) is 12.2 Å². The largest absolute Gasteiger partial charge is 0.493 e. The highest BCUT2D eigenvalue weighted by Gasteiger charge is 2.09. The maximum Gasteiger partial charge on any atom is 0.161 e. The second kappa shape index (κ2) is 9.58. The maximum atomic E-state index is 9.71. The fraction of sp³-hybridized carbons (Fsp3) is 0.600. The number of aliphatic hydroxyl groups is 1. The zero-order valence-corrected chi connectivity index (χ0v) is 12.5. The molecule has 1 atom stereocenters. The second-order valence-electron chi connectivity index (χ2n) is 4.39. The summed E-state index contributed by atoms with van der Waals surface area (Å²) in [7, 11) is 1.60. The molecule has 2 N–H and O–H groups in total. The van der Waals surface area contributed by atoms with E-state index in [9.17, 15) is 5.11 Å². The predicted molar refractivity (Wildman–Crippen MR) is 78.4 cm³/mol. The van der Waals surface area contributed by atoms with Gasteiger partial charge in [0.05, 0.1) is 13.7 Å². The third-order valence-electron chi connectivity index (χ3n) is 2.75. The van der Waals surface area contributed by atoms with Crippen LogP contribution < -0.4 is 14.8 Å². The van der Waals surface area contributed by atoms with E-state index in [0.29, 0.717) is 18.1 Å². The van der Waals surface area contributed by atoms with Gasteiger partial charge in [-0.1, -0.05) is 13.0 Å². The van der Waals surface area contributed by atoms with Crippen LogP contribution in [-0.2, 0) is 11.3 Å². The van der Waals surface area contributed by atoms with Crippen molar-refractivity contribution in [3.05, 3.63) is 23.8 Å². The van der Waals surface area contributed by atoms with Crippen LogP contribution in [0.5, 0.6) is 11.5 Å². The highest BCUT2D eigenvalue weighted by Crippen LogP contribution is 2.28. The molecule has 0 spiro atoms. The fourth-order valence-corrected chi connectivity index (χ4v) is 1.70. The van der Waals surface area contributed by atoms with Gasteiger partial charge >= 0.3 is 0 Å². The molecule has 0 amide bonds. The number of ether oxygens (including phenoxy) is 3. The molecule has 1 unspecified atom stereocenters. The van der Waals surface area contributed by atoms with Crippen LogP contribution in [0.3, 0.4) is 0 Å². The molecular formula is C15H25NO4. The molecule has 5 heteroatoms. The van der Waals surface area contributed by atoms with E-state index in [1.54, 1.807) is 7.11 Å². The Morgan fingerprint density at radius 3 is 2.65 bits per heavy atom. The van der Waals surface area contributed by atoms with Crippen molar-refractivity contribution in [3.63, 3.8) is 0 Å². The Morgan fingerprint density at radius 2 is 2.00 bits per heavy atom. The van der Waals surface area contributed by atoms with Crippen LogP contribution in [-0.4, -0.2) is 44.7 Å². The number of methoxy groups -OCH3 is 1. The second-order valence-corrected chi connectivity index (χ2v) is 4.39. The van der Waals surface area contributed by atoms with Crippen LogP contribution in [0.25, 0.3) is 0 Å². The molecule has 114 valence electrons. The summed E-state index contributed by atoms with van der Waals surface area (Å²) >= 11 is 0. The highest BCUT2D eigenvalue weighted by atomic mass is 16.5. The van der Waals surface area contributed by atoms with Gasteiger partial charge in [0.25, 0.3) is 0 Å². The number of benzene rings is 1. The normalized spacial score (nSPS) is 12.2. The molecule has 5 nitrogen and oxygen atoms in total. The maximum absolute atomic E-state index is 9.71. The monoisotopic (exact) mass is 283 g/mol. The minimum atomic E-state index is -0.642. The molecule has 20 heavy (non-hydrogen) atoms. The molecule has 1 aromatic carbocycles. The van der Waals surface area contributed by atoms with E-state index >= 15 is 0 Å². The highest BCUT2D eigenvalue weighted by molar-refractivity contribution is 5.43. The van der Waals surface area contributed by atoms with Crippen molar-refractivity contribution in [2.24, 2.45) is 0 Å². The molecule has 0 saturated heterocycles. The number of nitrogens with one attached hydrogen (secondary N) is 1. The van der Waals surface area contributed by atoms with Crippen LogP contribution in [0.15, 0.2) is 18.2 Å². The zero-order valence-electron chi connectivity index (χ0n) is 12.5. The standard InChI is InChI=1S/C15H25NO4/c1-4-16-9-12-6-7-14(18-3)15(8-12)20-11-13(17)10-19-5-2/h6-8,13,16-17H,4-5,9-11H2,1-3H3. The molecular weight excluding hydrogens is 258 g/mol. The Kier molecular flexibility index (Phi) is 8.02. The summed E-state index contributed by atoms with van der Waals surface area (Å²) in [5.74, 6) is 1.30. The lowest BCUT2D eigenvalue weighted by atomic mass is 10.2. The predicted octanol–water partition coefficient (Wildman–Crippen LogP) is 1.58. The van der Waals surface area contributed by atoms with Crippen LogP contribution in [0, 0.1) is 0 Å². The lowest BCUT2D eigenvalue weighted by molar-refractivity contribution is 0.0159. The van der Waals surface area contributed by atoms with Crippen molar-refractivity contribution in [2.45, 2.75) is 26.5 Å². The molecule has 0 heterocycles. The molecule has 0 aromatic heterocycles. The Hall–Kier alpha value is -1.30. The first-order valence-corrected chi connectivity index (χ1v) is 6.97. The van der Waals surface area contributed by atoms with E-state index in [1.807, 2.05) is 25.1 Å². The number of aliphatic hydroxyl groups excluding tert-OH is 1. The molecule has 1 rings (SSSR count). The van der Waals surface area contributed by atoms with Gasteiger partial charge in [0.2, 0.25) is 0 Å². The molecule has 0 saturated carbocycles. The van der Waals surface area contributed by atoms with Crippen molar-refractivity contribution < 1.29 is 19.3 Å². The lowest BCUT2D eigenvalue weighted by Crippen LogP contribution is -2.23. The van der Waals surface area contributed by atoms with E-state index in [-0.39, 0.29) is 13.2 Å². The van der Waals surface area contributed by atoms with Gasteiger partial charge in [0.1, 0.15) is 12.7 Å². The van der Waals surface area contributed by atoms with E-state index in [0.717, 1.165) is 18.7 Å². The van der Waals surface area contributed by atoms with Crippen molar-refractivity contribution >= 4 is 0 Å². The summed E-state index contributed by atoms with van der Waals surface area (Å²) in [5, 5.41) is 13.0. The number of hydrogen-bond acceptors (Lipinski definition) is 5. The summed E-state index contributed by atoms with van der Waals surface area (Å²) in [5.41, 5.74) is 1.11. The van der Waals surface area contributed by atoms with E-state index in [4.69, 9.17) is 14.2 Å². The average molecular weight is 283 g/mol. The SMILES string of the molecule is CCNCc1ccc(OC)c(OCC(O)COCC)c1. The van der Waals surface area contributed by atoms with Gasteiger partial charge in [-0.05, 0) is 31.2 Å². The van der Waals surface area contributed by atoms with Crippen LogP contribution >= 0.6 is 0 Å².